The minimum absolute atomic E-state index is 0.221. The normalized spacial score (nSPS) is 13.1. The third-order valence-corrected chi connectivity index (χ3v) is 15.6. The summed E-state index contributed by atoms with van der Waals surface area (Å²) in [5.74, 6) is 0. The second-order valence-electron chi connectivity index (χ2n) is 5.08. The van der Waals surface area contributed by atoms with Crippen molar-refractivity contribution >= 4 is 25.4 Å². The Balaban J connectivity index is 2.59. The zero-order chi connectivity index (χ0) is 18.0. The molecule has 0 radical (unpaired) electrons. The summed E-state index contributed by atoms with van der Waals surface area (Å²) >= 11 is -3.80. The SMILES string of the molecule is CCCCn1ncc(I(c2ccccc2)S(=O)(=O)C(F)(F)F)c1C. The predicted octanol–water partition coefficient (Wildman–Crippen LogP) is 4.39. The molecule has 0 aliphatic rings. The maximum atomic E-state index is 13.2. The predicted molar refractivity (Wildman–Crippen MR) is 94.7 cm³/mol. The van der Waals surface area contributed by atoms with Crippen LogP contribution in [-0.2, 0) is 13.6 Å². The van der Waals surface area contributed by atoms with Gasteiger partial charge in [-0.05, 0) is 0 Å². The molecule has 0 bridgehead atoms. The summed E-state index contributed by atoms with van der Waals surface area (Å²) in [5.41, 5.74) is -4.77. The zero-order valence-electron chi connectivity index (χ0n) is 13.2. The molecule has 24 heavy (non-hydrogen) atoms. The van der Waals surface area contributed by atoms with E-state index in [1.807, 2.05) is 6.92 Å². The zero-order valence-corrected chi connectivity index (χ0v) is 16.2. The van der Waals surface area contributed by atoms with Gasteiger partial charge >= 0.3 is 145 Å². The number of hydrogen-bond donors (Lipinski definition) is 0. The van der Waals surface area contributed by atoms with E-state index in [1.165, 1.54) is 18.3 Å². The molecule has 0 saturated carbocycles. The number of rotatable bonds is 6. The summed E-state index contributed by atoms with van der Waals surface area (Å²) in [6.07, 6.45) is 3.04. The summed E-state index contributed by atoms with van der Waals surface area (Å²) in [6, 6.07) is 7.68. The van der Waals surface area contributed by atoms with Crippen molar-refractivity contribution in [1.82, 2.24) is 9.78 Å². The molecule has 0 N–H and O–H groups in total. The van der Waals surface area contributed by atoms with Crippen molar-refractivity contribution in [3.63, 3.8) is 0 Å². The molecule has 1 heterocycles. The molecular formula is C15H18F3IN2O2S. The number of aryl methyl sites for hydroxylation is 1. The number of alkyl halides is 3. The van der Waals surface area contributed by atoms with Crippen molar-refractivity contribution in [3.8, 4) is 0 Å². The maximum absolute atomic E-state index is 13.2. The summed E-state index contributed by atoms with van der Waals surface area (Å²) in [7, 11) is -5.27. The summed E-state index contributed by atoms with van der Waals surface area (Å²) in [6.45, 7) is 4.20. The Hall–Kier alpha value is -1.10. The van der Waals surface area contributed by atoms with E-state index in [9.17, 15) is 21.6 Å². The number of hydrogen-bond acceptors (Lipinski definition) is 3. The fourth-order valence-electron chi connectivity index (χ4n) is 2.09. The molecule has 134 valence electrons. The van der Waals surface area contributed by atoms with E-state index in [4.69, 9.17) is 0 Å². The van der Waals surface area contributed by atoms with E-state index in [1.54, 1.807) is 29.8 Å². The molecule has 0 unspecified atom stereocenters. The van der Waals surface area contributed by atoms with Crippen LogP contribution in [0.5, 0.6) is 0 Å². The van der Waals surface area contributed by atoms with Crippen molar-refractivity contribution in [2.24, 2.45) is 0 Å². The van der Waals surface area contributed by atoms with Gasteiger partial charge in [0.25, 0.3) is 0 Å². The Bertz CT molecular complexity index is 789. The first-order chi connectivity index (χ1) is 11.2. The fourth-order valence-corrected chi connectivity index (χ4v) is 12.9. The van der Waals surface area contributed by atoms with Gasteiger partial charge in [-0.2, -0.15) is 0 Å². The van der Waals surface area contributed by atoms with Gasteiger partial charge < -0.3 is 0 Å². The van der Waals surface area contributed by atoms with Crippen LogP contribution in [0.4, 0.5) is 13.2 Å². The first-order valence-electron chi connectivity index (χ1n) is 7.29. The van der Waals surface area contributed by atoms with Gasteiger partial charge in [0.15, 0.2) is 0 Å². The Morgan fingerprint density at radius 1 is 1.21 bits per heavy atom. The second kappa shape index (κ2) is 7.42. The molecule has 0 aliphatic heterocycles. The summed E-state index contributed by atoms with van der Waals surface area (Å²) in [5, 5.41) is 4.12. The van der Waals surface area contributed by atoms with Crippen LogP contribution < -0.4 is 0 Å². The van der Waals surface area contributed by atoms with E-state index < -0.39 is 31.0 Å². The monoisotopic (exact) mass is 474 g/mol. The standard InChI is InChI=1S/C15H18F3IN2O2S/c1-3-4-10-21-12(2)14(11-20-21)19(13-8-6-5-7-9-13)24(22,23)15(16,17)18/h5-9,11H,3-4,10H2,1-2H3. The van der Waals surface area contributed by atoms with Crippen LogP contribution in [0.2, 0.25) is 0 Å². The summed E-state index contributed by atoms with van der Waals surface area (Å²) in [4.78, 5) is 0. The minimum atomic E-state index is -5.27. The molecule has 0 saturated heterocycles. The van der Waals surface area contributed by atoms with Gasteiger partial charge in [0, 0.05) is 0 Å². The van der Waals surface area contributed by atoms with Gasteiger partial charge in [-0.25, -0.2) is 0 Å². The number of halogens is 4. The van der Waals surface area contributed by atoms with Crippen molar-refractivity contribution in [1.29, 1.82) is 0 Å². The molecule has 0 fully saturated rings. The molecule has 1 aromatic heterocycles. The molecule has 1 aromatic carbocycles. The average molecular weight is 474 g/mol. The molecule has 0 amide bonds. The number of nitrogens with zero attached hydrogens (tertiary/aromatic N) is 2. The van der Waals surface area contributed by atoms with Crippen LogP contribution in [-0.4, -0.2) is 23.7 Å². The molecule has 2 rings (SSSR count). The van der Waals surface area contributed by atoms with Crippen LogP contribution in [0, 0.1) is 14.1 Å². The quantitative estimate of drug-likeness (QED) is 0.461. The van der Waals surface area contributed by atoms with Crippen LogP contribution in [0.1, 0.15) is 25.5 Å². The van der Waals surface area contributed by atoms with Crippen molar-refractivity contribution < 1.29 is 21.6 Å². The van der Waals surface area contributed by atoms with Gasteiger partial charge in [-0.1, -0.05) is 0 Å². The third kappa shape index (κ3) is 3.76. The van der Waals surface area contributed by atoms with Crippen LogP contribution in [0.3, 0.4) is 0 Å². The third-order valence-electron chi connectivity index (χ3n) is 3.36. The van der Waals surface area contributed by atoms with Crippen LogP contribution in [0.15, 0.2) is 36.5 Å². The van der Waals surface area contributed by atoms with Gasteiger partial charge in [0.1, 0.15) is 0 Å². The summed E-state index contributed by atoms with van der Waals surface area (Å²) < 4.78 is 66.2. The first-order valence-corrected chi connectivity index (χ1v) is 13.5. The fraction of sp³-hybridized carbons (Fsp3) is 0.400. The molecule has 4 nitrogen and oxygen atoms in total. The van der Waals surface area contributed by atoms with Crippen LogP contribution in [0.25, 0.3) is 0 Å². The van der Waals surface area contributed by atoms with Crippen molar-refractivity contribution in [2.45, 2.75) is 38.7 Å². The average Bonchev–Trinajstić information content (AvgIpc) is 2.86. The number of benzene rings is 1. The number of aromatic nitrogens is 2. The molecule has 0 spiro atoms. The van der Waals surface area contributed by atoms with Gasteiger partial charge in [0.2, 0.25) is 0 Å². The molecule has 2 aromatic rings. The Morgan fingerprint density at radius 2 is 1.83 bits per heavy atom. The molecule has 0 atom stereocenters. The Kier molecular flexibility index (Phi) is 5.95. The van der Waals surface area contributed by atoms with E-state index in [-0.39, 0.29) is 7.14 Å². The Labute approximate surface area is 144 Å². The molecule has 0 aliphatic carbocycles. The van der Waals surface area contributed by atoms with E-state index in [2.05, 4.69) is 5.10 Å². The molecular weight excluding hydrogens is 456 g/mol. The van der Waals surface area contributed by atoms with Gasteiger partial charge in [0.05, 0.1) is 0 Å². The number of unbranched alkanes of at least 4 members (excludes halogenated alkanes) is 1. The van der Waals surface area contributed by atoms with E-state index in [0.717, 1.165) is 12.8 Å². The second-order valence-corrected chi connectivity index (χ2v) is 15.8. The topological polar surface area (TPSA) is 52.0 Å². The Morgan fingerprint density at radius 3 is 2.38 bits per heavy atom. The van der Waals surface area contributed by atoms with Crippen LogP contribution >= 0.6 is 18.4 Å². The molecule has 9 heteroatoms. The van der Waals surface area contributed by atoms with Gasteiger partial charge in [-0.3, -0.25) is 0 Å². The van der Waals surface area contributed by atoms with Gasteiger partial charge in [-0.15, -0.1) is 0 Å². The van der Waals surface area contributed by atoms with Crippen molar-refractivity contribution in [2.75, 3.05) is 0 Å². The van der Waals surface area contributed by atoms with E-state index in [0.29, 0.717) is 12.2 Å². The van der Waals surface area contributed by atoms with E-state index >= 15 is 0 Å². The first kappa shape index (κ1) is 19.2. The van der Waals surface area contributed by atoms with Crippen molar-refractivity contribution in [3.05, 3.63) is 49.4 Å².